The SMILES string of the molecule is CC(C)(C)c1ccc(CCC(=O)NCc2nc(-c3cccs3)no2)cc1. The molecule has 26 heavy (non-hydrogen) atoms. The summed E-state index contributed by atoms with van der Waals surface area (Å²) in [5, 5.41) is 8.72. The van der Waals surface area contributed by atoms with Crippen LogP contribution in [0.25, 0.3) is 10.7 Å². The monoisotopic (exact) mass is 369 g/mol. The van der Waals surface area contributed by atoms with Crippen LogP contribution in [0, 0.1) is 0 Å². The normalized spacial score (nSPS) is 11.5. The molecule has 0 aliphatic rings. The van der Waals surface area contributed by atoms with Gasteiger partial charge in [-0.25, -0.2) is 0 Å². The summed E-state index contributed by atoms with van der Waals surface area (Å²) in [6.07, 6.45) is 1.14. The molecule has 3 rings (SSSR count). The topological polar surface area (TPSA) is 68.0 Å². The van der Waals surface area contributed by atoms with Crippen molar-refractivity contribution in [3.05, 3.63) is 58.8 Å². The zero-order valence-corrected chi connectivity index (χ0v) is 16.1. The molecule has 0 saturated carbocycles. The number of nitrogens with zero attached hydrogens (tertiary/aromatic N) is 2. The molecule has 3 aromatic rings. The van der Waals surface area contributed by atoms with Crippen LogP contribution < -0.4 is 5.32 Å². The summed E-state index contributed by atoms with van der Waals surface area (Å²) in [4.78, 5) is 17.3. The maximum Gasteiger partial charge on any atom is 0.246 e. The van der Waals surface area contributed by atoms with Crippen molar-refractivity contribution in [2.45, 2.75) is 45.6 Å². The van der Waals surface area contributed by atoms with E-state index < -0.39 is 0 Å². The summed E-state index contributed by atoms with van der Waals surface area (Å²) in [5.74, 6) is 0.945. The van der Waals surface area contributed by atoms with Crippen LogP contribution in [0.4, 0.5) is 0 Å². The Kier molecular flexibility index (Phi) is 5.52. The molecule has 0 atom stereocenters. The standard InChI is InChI=1S/C20H23N3O2S/c1-20(2,3)15-9-6-14(7-10-15)8-11-17(24)21-13-18-22-19(23-25-18)16-5-4-12-26-16/h4-7,9-10,12H,8,11,13H2,1-3H3,(H,21,24). The van der Waals surface area contributed by atoms with E-state index in [1.807, 2.05) is 17.5 Å². The smallest absolute Gasteiger partial charge is 0.246 e. The Labute approximate surface area is 157 Å². The Morgan fingerprint density at radius 1 is 1.19 bits per heavy atom. The van der Waals surface area contributed by atoms with Gasteiger partial charge >= 0.3 is 0 Å². The second-order valence-corrected chi connectivity index (χ2v) is 8.16. The van der Waals surface area contributed by atoms with Gasteiger partial charge in [0.2, 0.25) is 17.6 Å². The predicted octanol–water partition coefficient (Wildman–Crippen LogP) is 4.34. The van der Waals surface area contributed by atoms with E-state index in [0.29, 0.717) is 24.6 Å². The molecule has 1 amide bonds. The average Bonchev–Trinajstić information content (AvgIpc) is 3.29. The average molecular weight is 369 g/mol. The maximum atomic E-state index is 12.1. The maximum absolute atomic E-state index is 12.1. The molecular formula is C20H23N3O2S. The number of amides is 1. The van der Waals surface area contributed by atoms with E-state index in [1.54, 1.807) is 11.3 Å². The van der Waals surface area contributed by atoms with Crippen LogP contribution in [0.1, 0.15) is 44.2 Å². The lowest BCUT2D eigenvalue weighted by molar-refractivity contribution is -0.121. The third kappa shape index (κ3) is 4.79. The second-order valence-electron chi connectivity index (χ2n) is 7.21. The van der Waals surface area contributed by atoms with Gasteiger partial charge in [0.25, 0.3) is 0 Å². The number of carbonyl (C=O) groups is 1. The highest BCUT2D eigenvalue weighted by Crippen LogP contribution is 2.23. The van der Waals surface area contributed by atoms with Crippen molar-refractivity contribution in [2.24, 2.45) is 0 Å². The van der Waals surface area contributed by atoms with Crippen molar-refractivity contribution in [1.29, 1.82) is 0 Å². The molecule has 136 valence electrons. The summed E-state index contributed by atoms with van der Waals surface area (Å²) in [7, 11) is 0. The highest BCUT2D eigenvalue weighted by Gasteiger charge is 2.13. The number of hydrogen-bond donors (Lipinski definition) is 1. The lowest BCUT2D eigenvalue weighted by atomic mass is 9.86. The molecule has 0 bridgehead atoms. The Bertz CT molecular complexity index is 846. The zero-order chi connectivity index (χ0) is 18.6. The van der Waals surface area contributed by atoms with Crippen molar-refractivity contribution in [3.8, 4) is 10.7 Å². The number of rotatable bonds is 6. The molecule has 2 heterocycles. The highest BCUT2D eigenvalue weighted by atomic mass is 32.1. The quantitative estimate of drug-likeness (QED) is 0.701. The van der Waals surface area contributed by atoms with Crippen LogP contribution in [0.15, 0.2) is 46.3 Å². The van der Waals surface area contributed by atoms with Gasteiger partial charge in [0, 0.05) is 6.42 Å². The van der Waals surface area contributed by atoms with Crippen molar-refractivity contribution < 1.29 is 9.32 Å². The first-order valence-electron chi connectivity index (χ1n) is 8.64. The summed E-state index contributed by atoms with van der Waals surface area (Å²) in [6.45, 7) is 6.82. The van der Waals surface area contributed by atoms with E-state index in [1.165, 1.54) is 5.56 Å². The van der Waals surface area contributed by atoms with Crippen molar-refractivity contribution >= 4 is 17.2 Å². The van der Waals surface area contributed by atoms with Crippen LogP contribution in [-0.4, -0.2) is 16.0 Å². The largest absolute Gasteiger partial charge is 0.347 e. The molecule has 0 fully saturated rings. The van der Waals surface area contributed by atoms with E-state index in [0.717, 1.165) is 10.4 Å². The van der Waals surface area contributed by atoms with Gasteiger partial charge in [0.05, 0.1) is 11.4 Å². The number of hydrogen-bond acceptors (Lipinski definition) is 5. The molecule has 0 aliphatic carbocycles. The first-order chi connectivity index (χ1) is 12.4. The molecule has 6 heteroatoms. The van der Waals surface area contributed by atoms with Gasteiger partial charge in [-0.05, 0) is 34.4 Å². The summed E-state index contributed by atoms with van der Waals surface area (Å²) in [5.41, 5.74) is 2.59. The van der Waals surface area contributed by atoms with Crippen LogP contribution in [-0.2, 0) is 23.2 Å². The predicted molar refractivity (Wildman–Crippen MR) is 103 cm³/mol. The van der Waals surface area contributed by atoms with Gasteiger partial charge < -0.3 is 9.84 Å². The molecule has 2 aromatic heterocycles. The van der Waals surface area contributed by atoms with Gasteiger partial charge in [0.1, 0.15) is 0 Å². The number of thiophene rings is 1. The molecule has 0 unspecified atom stereocenters. The lowest BCUT2D eigenvalue weighted by Crippen LogP contribution is -2.23. The summed E-state index contributed by atoms with van der Waals surface area (Å²) >= 11 is 1.55. The molecular weight excluding hydrogens is 346 g/mol. The number of aromatic nitrogens is 2. The molecule has 0 radical (unpaired) electrons. The Morgan fingerprint density at radius 3 is 2.62 bits per heavy atom. The van der Waals surface area contributed by atoms with Crippen LogP contribution in [0.5, 0.6) is 0 Å². The fourth-order valence-electron chi connectivity index (χ4n) is 2.52. The second kappa shape index (κ2) is 7.83. The Hall–Kier alpha value is -2.47. The van der Waals surface area contributed by atoms with E-state index in [4.69, 9.17) is 4.52 Å². The Morgan fingerprint density at radius 2 is 1.96 bits per heavy atom. The number of benzene rings is 1. The van der Waals surface area contributed by atoms with Crippen molar-refractivity contribution in [1.82, 2.24) is 15.5 Å². The van der Waals surface area contributed by atoms with E-state index in [2.05, 4.69) is 60.5 Å². The van der Waals surface area contributed by atoms with Crippen LogP contribution in [0.3, 0.4) is 0 Å². The van der Waals surface area contributed by atoms with E-state index in [-0.39, 0.29) is 17.9 Å². The number of aryl methyl sites for hydroxylation is 1. The minimum Gasteiger partial charge on any atom is -0.347 e. The highest BCUT2D eigenvalue weighted by molar-refractivity contribution is 7.13. The van der Waals surface area contributed by atoms with Gasteiger partial charge in [-0.15, -0.1) is 11.3 Å². The molecule has 1 aromatic carbocycles. The van der Waals surface area contributed by atoms with Crippen molar-refractivity contribution in [3.63, 3.8) is 0 Å². The zero-order valence-electron chi connectivity index (χ0n) is 15.3. The molecule has 0 spiro atoms. The first kappa shape index (κ1) is 18.3. The third-order valence-electron chi connectivity index (χ3n) is 4.11. The number of carbonyl (C=O) groups excluding carboxylic acids is 1. The van der Waals surface area contributed by atoms with Gasteiger partial charge in [-0.2, -0.15) is 4.98 Å². The minimum atomic E-state index is -0.0271. The van der Waals surface area contributed by atoms with E-state index >= 15 is 0 Å². The van der Waals surface area contributed by atoms with Gasteiger partial charge in [-0.1, -0.05) is 56.3 Å². The summed E-state index contributed by atoms with van der Waals surface area (Å²) in [6, 6.07) is 12.3. The molecule has 0 aliphatic heterocycles. The van der Waals surface area contributed by atoms with Crippen LogP contribution >= 0.6 is 11.3 Å². The molecule has 1 N–H and O–H groups in total. The Balaban J connectivity index is 1.46. The van der Waals surface area contributed by atoms with Gasteiger partial charge in [-0.3, -0.25) is 4.79 Å². The number of nitrogens with one attached hydrogen (secondary N) is 1. The third-order valence-corrected chi connectivity index (χ3v) is 4.97. The molecule has 5 nitrogen and oxygen atoms in total. The summed E-state index contributed by atoms with van der Waals surface area (Å²) < 4.78 is 5.18. The minimum absolute atomic E-state index is 0.0271. The van der Waals surface area contributed by atoms with Crippen molar-refractivity contribution in [2.75, 3.05) is 0 Å². The molecule has 0 saturated heterocycles. The lowest BCUT2D eigenvalue weighted by Gasteiger charge is -2.19. The van der Waals surface area contributed by atoms with Gasteiger partial charge in [0.15, 0.2) is 0 Å². The van der Waals surface area contributed by atoms with Crippen LogP contribution in [0.2, 0.25) is 0 Å². The first-order valence-corrected chi connectivity index (χ1v) is 9.52. The fourth-order valence-corrected chi connectivity index (χ4v) is 3.17. The van der Waals surface area contributed by atoms with E-state index in [9.17, 15) is 4.79 Å². The fraction of sp³-hybridized carbons (Fsp3) is 0.350.